The molecule has 86 valence electrons. The summed E-state index contributed by atoms with van der Waals surface area (Å²) in [5, 5.41) is 7.52. The number of nitrogens with zero attached hydrogens (tertiary/aromatic N) is 2. The van der Waals surface area contributed by atoms with Crippen LogP contribution in [0.3, 0.4) is 0 Å². The van der Waals surface area contributed by atoms with Gasteiger partial charge in [-0.25, -0.2) is 4.98 Å². The van der Waals surface area contributed by atoms with Crippen molar-refractivity contribution < 1.29 is 0 Å². The fourth-order valence-electron chi connectivity index (χ4n) is 4.39. The van der Waals surface area contributed by atoms with E-state index >= 15 is 0 Å². The second-order valence-electron chi connectivity index (χ2n) is 6.25. The molecule has 16 heavy (non-hydrogen) atoms. The van der Waals surface area contributed by atoms with Crippen LogP contribution in [-0.2, 0) is 0 Å². The van der Waals surface area contributed by atoms with Gasteiger partial charge in [-0.1, -0.05) is 13.8 Å². The van der Waals surface area contributed by atoms with Gasteiger partial charge in [0.05, 0.1) is 0 Å². The van der Waals surface area contributed by atoms with Crippen LogP contribution in [0.5, 0.6) is 0 Å². The van der Waals surface area contributed by atoms with Crippen molar-refractivity contribution in [2.24, 2.45) is 23.7 Å². The highest BCUT2D eigenvalue weighted by Crippen LogP contribution is 2.72. The third-order valence-corrected chi connectivity index (χ3v) is 5.09. The number of aromatic nitrogens is 3. The minimum Gasteiger partial charge on any atom is -0.263 e. The van der Waals surface area contributed by atoms with Gasteiger partial charge in [0.1, 0.15) is 5.82 Å². The van der Waals surface area contributed by atoms with E-state index in [2.05, 4.69) is 29.0 Å². The van der Waals surface area contributed by atoms with E-state index in [0.29, 0.717) is 5.92 Å². The first kappa shape index (κ1) is 9.20. The van der Waals surface area contributed by atoms with E-state index in [4.69, 9.17) is 0 Å². The molecule has 0 aliphatic heterocycles. The van der Waals surface area contributed by atoms with Gasteiger partial charge in [-0.15, -0.1) is 0 Å². The second-order valence-corrected chi connectivity index (χ2v) is 6.25. The van der Waals surface area contributed by atoms with Crippen molar-refractivity contribution in [3.8, 4) is 0 Å². The Morgan fingerprint density at radius 1 is 1.19 bits per heavy atom. The predicted molar refractivity (Wildman–Crippen MR) is 61.0 cm³/mol. The number of rotatable bonds is 2. The van der Waals surface area contributed by atoms with Gasteiger partial charge in [0, 0.05) is 11.8 Å². The molecule has 0 spiro atoms. The van der Waals surface area contributed by atoms with Crippen LogP contribution in [-0.4, -0.2) is 15.2 Å². The standard InChI is InChI=1S/C13H19N3/c1-6(2)12-14-13(16-15-12)11-9-7-3-4-8(5-7)10(9)11/h6-11H,3-5H2,1-2H3,(H,14,15,16). The zero-order chi connectivity index (χ0) is 10.9. The van der Waals surface area contributed by atoms with Gasteiger partial charge in [0.2, 0.25) is 0 Å². The molecule has 0 amide bonds. The van der Waals surface area contributed by atoms with E-state index in [1.54, 1.807) is 0 Å². The largest absolute Gasteiger partial charge is 0.263 e. The van der Waals surface area contributed by atoms with Crippen LogP contribution >= 0.6 is 0 Å². The average Bonchev–Trinajstić information content (AvgIpc) is 2.74. The molecule has 3 heteroatoms. The van der Waals surface area contributed by atoms with Gasteiger partial charge in [-0.2, -0.15) is 5.10 Å². The highest BCUT2D eigenvalue weighted by molar-refractivity contribution is 5.24. The average molecular weight is 217 g/mol. The van der Waals surface area contributed by atoms with Crippen molar-refractivity contribution >= 4 is 0 Å². The highest BCUT2D eigenvalue weighted by atomic mass is 15.2. The van der Waals surface area contributed by atoms with Crippen molar-refractivity contribution in [2.75, 3.05) is 0 Å². The first-order chi connectivity index (χ1) is 7.75. The summed E-state index contributed by atoms with van der Waals surface area (Å²) < 4.78 is 0. The maximum Gasteiger partial charge on any atom is 0.153 e. The first-order valence-electron chi connectivity index (χ1n) is 6.68. The lowest BCUT2D eigenvalue weighted by Gasteiger charge is -2.05. The topological polar surface area (TPSA) is 41.6 Å². The Morgan fingerprint density at radius 3 is 2.44 bits per heavy atom. The molecule has 1 aromatic heterocycles. The third kappa shape index (κ3) is 1.04. The van der Waals surface area contributed by atoms with E-state index in [0.717, 1.165) is 35.4 Å². The molecule has 3 aliphatic rings. The lowest BCUT2D eigenvalue weighted by molar-refractivity contribution is 0.456. The predicted octanol–water partition coefficient (Wildman–Crippen LogP) is 2.69. The lowest BCUT2D eigenvalue weighted by atomic mass is 10.0. The van der Waals surface area contributed by atoms with Gasteiger partial charge in [0.25, 0.3) is 0 Å². The summed E-state index contributed by atoms with van der Waals surface area (Å²) in [5.41, 5.74) is 0. The van der Waals surface area contributed by atoms with Gasteiger partial charge >= 0.3 is 0 Å². The van der Waals surface area contributed by atoms with Crippen LogP contribution in [0.2, 0.25) is 0 Å². The fraction of sp³-hybridized carbons (Fsp3) is 0.846. The highest BCUT2D eigenvalue weighted by Gasteiger charge is 2.66. The van der Waals surface area contributed by atoms with Crippen molar-refractivity contribution in [2.45, 2.75) is 44.9 Å². The van der Waals surface area contributed by atoms with Crippen molar-refractivity contribution in [1.29, 1.82) is 0 Å². The van der Waals surface area contributed by atoms with Crippen LogP contribution in [0.1, 0.15) is 56.6 Å². The number of aromatic amines is 1. The maximum atomic E-state index is 4.68. The number of H-pyrrole nitrogens is 1. The normalized spacial score (nSPS) is 44.1. The van der Waals surface area contributed by atoms with Crippen molar-refractivity contribution in [3.05, 3.63) is 11.6 Å². The number of nitrogens with one attached hydrogen (secondary N) is 1. The first-order valence-corrected chi connectivity index (χ1v) is 6.68. The molecule has 0 aromatic carbocycles. The molecule has 4 unspecified atom stereocenters. The molecule has 0 radical (unpaired) electrons. The molecule has 3 saturated carbocycles. The monoisotopic (exact) mass is 217 g/mol. The minimum atomic E-state index is 0.445. The molecule has 3 nitrogen and oxygen atoms in total. The van der Waals surface area contributed by atoms with E-state index in [1.807, 2.05) is 0 Å². The van der Waals surface area contributed by atoms with Crippen LogP contribution in [0.25, 0.3) is 0 Å². The molecule has 0 saturated heterocycles. The smallest absolute Gasteiger partial charge is 0.153 e. The molecule has 2 bridgehead atoms. The molecule has 4 atom stereocenters. The zero-order valence-corrected chi connectivity index (χ0v) is 9.98. The Bertz CT molecular complexity index is 407. The van der Waals surface area contributed by atoms with E-state index in [-0.39, 0.29) is 0 Å². The molecule has 1 aromatic rings. The summed E-state index contributed by atoms with van der Waals surface area (Å²) in [6, 6.07) is 0. The van der Waals surface area contributed by atoms with Crippen molar-refractivity contribution in [3.63, 3.8) is 0 Å². The summed E-state index contributed by atoms with van der Waals surface area (Å²) in [6.07, 6.45) is 4.47. The molecule has 3 fully saturated rings. The van der Waals surface area contributed by atoms with E-state index < -0.39 is 0 Å². The Hall–Kier alpha value is -0.860. The lowest BCUT2D eigenvalue weighted by Crippen LogP contribution is -1.99. The summed E-state index contributed by atoms with van der Waals surface area (Å²) >= 11 is 0. The molecule has 4 rings (SSSR count). The maximum absolute atomic E-state index is 4.68. The zero-order valence-electron chi connectivity index (χ0n) is 9.98. The summed E-state index contributed by atoms with van der Waals surface area (Å²) in [5.74, 6) is 7.34. The Balaban J connectivity index is 1.59. The van der Waals surface area contributed by atoms with Crippen LogP contribution in [0.15, 0.2) is 0 Å². The fourth-order valence-corrected chi connectivity index (χ4v) is 4.39. The number of hydrogen-bond acceptors (Lipinski definition) is 2. The van der Waals surface area contributed by atoms with E-state index in [1.165, 1.54) is 25.1 Å². The summed E-state index contributed by atoms with van der Waals surface area (Å²) in [4.78, 5) is 4.68. The Morgan fingerprint density at radius 2 is 1.88 bits per heavy atom. The number of fused-ring (bicyclic) bond motifs is 5. The number of hydrogen-bond donors (Lipinski definition) is 1. The van der Waals surface area contributed by atoms with Gasteiger partial charge in [-0.3, -0.25) is 5.10 Å². The Labute approximate surface area is 96.0 Å². The van der Waals surface area contributed by atoms with Crippen LogP contribution in [0, 0.1) is 23.7 Å². The SMILES string of the molecule is CC(C)c1n[nH]c(C2C3C4CCC(C4)C23)n1. The third-order valence-electron chi connectivity index (χ3n) is 5.09. The van der Waals surface area contributed by atoms with Crippen LogP contribution < -0.4 is 0 Å². The molecular weight excluding hydrogens is 198 g/mol. The molecule has 3 aliphatic carbocycles. The van der Waals surface area contributed by atoms with Gasteiger partial charge in [0.15, 0.2) is 5.82 Å². The second kappa shape index (κ2) is 2.88. The summed E-state index contributed by atoms with van der Waals surface area (Å²) in [6.45, 7) is 4.31. The van der Waals surface area contributed by atoms with Gasteiger partial charge in [-0.05, 0) is 42.9 Å². The quantitative estimate of drug-likeness (QED) is 0.827. The molecular formula is C13H19N3. The van der Waals surface area contributed by atoms with Crippen LogP contribution in [0.4, 0.5) is 0 Å². The Kier molecular flexibility index (Phi) is 1.65. The van der Waals surface area contributed by atoms with Crippen molar-refractivity contribution in [1.82, 2.24) is 15.2 Å². The van der Waals surface area contributed by atoms with Gasteiger partial charge < -0.3 is 0 Å². The molecule has 1 heterocycles. The molecule has 1 N–H and O–H groups in total. The van der Waals surface area contributed by atoms with E-state index in [9.17, 15) is 0 Å². The minimum absolute atomic E-state index is 0.445. The summed E-state index contributed by atoms with van der Waals surface area (Å²) in [7, 11) is 0.